The quantitative estimate of drug-likeness (QED) is 0.818. The van der Waals surface area contributed by atoms with E-state index in [1.165, 1.54) is 11.1 Å². The molecule has 0 spiro atoms. The minimum atomic E-state index is 0.109. The van der Waals surface area contributed by atoms with Crippen LogP contribution in [0.4, 0.5) is 11.4 Å². The maximum absolute atomic E-state index is 12.0. The Morgan fingerprint density at radius 1 is 1.17 bits per heavy atom. The second-order valence-corrected chi connectivity index (χ2v) is 7.93. The fourth-order valence-corrected chi connectivity index (χ4v) is 4.15. The summed E-state index contributed by atoms with van der Waals surface area (Å²) in [5.74, 6) is 1.21. The molecule has 1 unspecified atom stereocenters. The first-order valence-corrected chi connectivity index (χ1v) is 10.3. The molecule has 3 aliphatic rings. The third kappa shape index (κ3) is 3.67. The first kappa shape index (κ1) is 18.0. The molecule has 1 heterocycles. The summed E-state index contributed by atoms with van der Waals surface area (Å²) in [4.78, 5) is 16.6. The lowest BCUT2D eigenvalue weighted by Crippen LogP contribution is -2.33. The monoisotopic (exact) mass is 391 g/mol. The van der Waals surface area contributed by atoms with Crippen LogP contribution in [-0.2, 0) is 22.6 Å². The molecule has 1 aliphatic heterocycles. The molecule has 2 N–H and O–H groups in total. The number of anilines is 1. The third-order valence-electron chi connectivity index (χ3n) is 5.84. The van der Waals surface area contributed by atoms with Crippen molar-refractivity contribution in [1.82, 2.24) is 5.32 Å². The van der Waals surface area contributed by atoms with Gasteiger partial charge in [0, 0.05) is 22.7 Å². The molecule has 5 rings (SSSR count). The molecule has 6 nitrogen and oxygen atoms in total. The van der Waals surface area contributed by atoms with Crippen molar-refractivity contribution in [3.05, 3.63) is 53.1 Å². The highest BCUT2D eigenvalue weighted by molar-refractivity contribution is 5.94. The Bertz CT molecular complexity index is 967. The molecule has 0 radical (unpaired) electrons. The minimum absolute atomic E-state index is 0.109. The first-order valence-electron chi connectivity index (χ1n) is 10.3. The summed E-state index contributed by atoms with van der Waals surface area (Å²) in [5, 5.41) is 6.46. The van der Waals surface area contributed by atoms with Gasteiger partial charge in [0.2, 0.25) is 5.91 Å². The number of nitrogens with one attached hydrogen (secondary N) is 2. The summed E-state index contributed by atoms with van der Waals surface area (Å²) in [6.45, 7) is 0.430. The van der Waals surface area contributed by atoms with E-state index in [-0.39, 0.29) is 17.9 Å². The van der Waals surface area contributed by atoms with Gasteiger partial charge >= 0.3 is 0 Å². The zero-order chi connectivity index (χ0) is 19.8. The molecule has 150 valence electrons. The minimum Gasteiger partial charge on any atom is -0.496 e. The van der Waals surface area contributed by atoms with Crippen molar-refractivity contribution in [2.24, 2.45) is 10.9 Å². The molecule has 2 aromatic carbocycles. The highest BCUT2D eigenvalue weighted by atomic mass is 16.5. The predicted octanol–water partition coefficient (Wildman–Crippen LogP) is 4.23. The molecule has 2 aromatic rings. The van der Waals surface area contributed by atoms with Crippen LogP contribution in [0.1, 0.15) is 48.4 Å². The smallest absolute Gasteiger partial charge is 0.290 e. The average Bonchev–Trinajstić information content (AvgIpc) is 3.59. The van der Waals surface area contributed by atoms with Crippen molar-refractivity contribution in [3.8, 4) is 5.75 Å². The lowest BCUT2D eigenvalue weighted by atomic mass is 9.87. The van der Waals surface area contributed by atoms with E-state index in [4.69, 9.17) is 9.47 Å². The van der Waals surface area contributed by atoms with Crippen LogP contribution in [0.3, 0.4) is 0 Å². The predicted molar refractivity (Wildman–Crippen MR) is 111 cm³/mol. The van der Waals surface area contributed by atoms with Crippen molar-refractivity contribution < 1.29 is 14.3 Å². The standard InChI is InChI=1S/C23H25N3O3/c1-28-20-7-3-5-14-4-2-6-19(21(14)20)26-23-25-18-11-10-17(12-16(18)13-29-23)24-22(27)15-8-9-15/h3,5,7,10-12,15,19H,2,4,6,8-9,13H2,1H3,(H,24,27)(H,25,26). The number of aliphatic imine (C=N–C) groups is 1. The highest BCUT2D eigenvalue weighted by Crippen LogP contribution is 2.37. The van der Waals surface area contributed by atoms with Gasteiger partial charge in [-0.1, -0.05) is 12.1 Å². The first-order chi connectivity index (χ1) is 14.2. The van der Waals surface area contributed by atoms with E-state index in [0.717, 1.165) is 54.8 Å². The Morgan fingerprint density at radius 3 is 2.90 bits per heavy atom. The van der Waals surface area contributed by atoms with Crippen molar-refractivity contribution in [1.29, 1.82) is 0 Å². The van der Waals surface area contributed by atoms with Crippen molar-refractivity contribution >= 4 is 23.3 Å². The van der Waals surface area contributed by atoms with E-state index in [2.05, 4.69) is 21.7 Å². The fourth-order valence-electron chi connectivity index (χ4n) is 4.15. The van der Waals surface area contributed by atoms with Gasteiger partial charge in [0.15, 0.2) is 0 Å². The van der Waals surface area contributed by atoms with E-state index >= 15 is 0 Å². The van der Waals surface area contributed by atoms with E-state index in [1.807, 2.05) is 30.3 Å². The van der Waals surface area contributed by atoms with Gasteiger partial charge in [0.25, 0.3) is 6.02 Å². The Labute approximate surface area is 170 Å². The number of ether oxygens (including phenoxy) is 2. The summed E-state index contributed by atoms with van der Waals surface area (Å²) in [6.07, 6.45) is 5.18. The Hall–Kier alpha value is -3.02. The number of hydrogen-bond acceptors (Lipinski definition) is 5. The number of hydrogen-bond donors (Lipinski definition) is 2. The molecule has 2 aliphatic carbocycles. The Balaban J connectivity index is 1.34. The van der Waals surface area contributed by atoms with Gasteiger partial charge in [0.1, 0.15) is 12.4 Å². The largest absolute Gasteiger partial charge is 0.496 e. The maximum Gasteiger partial charge on any atom is 0.290 e. The summed E-state index contributed by atoms with van der Waals surface area (Å²) >= 11 is 0. The van der Waals surface area contributed by atoms with Crippen molar-refractivity contribution in [2.75, 3.05) is 12.4 Å². The number of fused-ring (bicyclic) bond motifs is 2. The summed E-state index contributed by atoms with van der Waals surface area (Å²) in [5.41, 5.74) is 5.18. The lowest BCUT2D eigenvalue weighted by molar-refractivity contribution is -0.117. The number of rotatable bonds is 4. The van der Waals surface area contributed by atoms with Gasteiger partial charge < -0.3 is 20.1 Å². The molecule has 0 bridgehead atoms. The van der Waals surface area contributed by atoms with Crippen LogP contribution >= 0.6 is 0 Å². The maximum atomic E-state index is 12.0. The number of carbonyl (C=O) groups excluding carboxylic acids is 1. The van der Waals surface area contributed by atoms with E-state index in [0.29, 0.717) is 12.6 Å². The zero-order valence-electron chi connectivity index (χ0n) is 16.5. The van der Waals surface area contributed by atoms with Crippen LogP contribution in [0.25, 0.3) is 0 Å². The lowest BCUT2D eigenvalue weighted by Gasteiger charge is -2.30. The second-order valence-electron chi connectivity index (χ2n) is 7.93. The topological polar surface area (TPSA) is 72.0 Å². The number of carbonyl (C=O) groups is 1. The fraction of sp³-hybridized carbons (Fsp3) is 0.391. The van der Waals surface area contributed by atoms with Gasteiger partial charge in [0.05, 0.1) is 18.8 Å². The zero-order valence-corrected chi connectivity index (χ0v) is 16.5. The molecule has 1 saturated carbocycles. The van der Waals surface area contributed by atoms with Crippen LogP contribution in [0.5, 0.6) is 5.75 Å². The van der Waals surface area contributed by atoms with E-state index < -0.39 is 0 Å². The number of benzene rings is 2. The molecule has 0 saturated heterocycles. The van der Waals surface area contributed by atoms with Gasteiger partial charge in [-0.25, -0.2) is 0 Å². The Kier molecular flexibility index (Phi) is 4.62. The molecule has 29 heavy (non-hydrogen) atoms. The summed E-state index contributed by atoms with van der Waals surface area (Å²) < 4.78 is 11.5. The molecule has 1 fully saturated rings. The van der Waals surface area contributed by atoms with Crippen LogP contribution < -0.4 is 15.4 Å². The second kappa shape index (κ2) is 7.43. The van der Waals surface area contributed by atoms with Gasteiger partial charge in [-0.05, 0) is 61.9 Å². The number of amides is 1. The van der Waals surface area contributed by atoms with Crippen LogP contribution in [-0.4, -0.2) is 19.0 Å². The van der Waals surface area contributed by atoms with Crippen molar-refractivity contribution in [3.63, 3.8) is 0 Å². The molecular weight excluding hydrogens is 366 g/mol. The van der Waals surface area contributed by atoms with Crippen LogP contribution in [0.15, 0.2) is 41.4 Å². The molecule has 6 heteroatoms. The van der Waals surface area contributed by atoms with Crippen molar-refractivity contribution in [2.45, 2.75) is 44.8 Å². The number of methoxy groups -OCH3 is 1. The van der Waals surface area contributed by atoms with Crippen LogP contribution in [0, 0.1) is 5.92 Å². The molecular formula is C23H25N3O3. The Morgan fingerprint density at radius 2 is 2.07 bits per heavy atom. The number of aryl methyl sites for hydroxylation is 1. The normalized spacial score (nSPS) is 19.9. The number of amidine groups is 1. The molecule has 1 amide bonds. The number of nitrogens with zero attached hydrogens (tertiary/aromatic N) is 1. The van der Waals surface area contributed by atoms with Gasteiger partial charge in [-0.3, -0.25) is 4.79 Å². The van der Waals surface area contributed by atoms with Gasteiger partial charge in [-0.2, -0.15) is 4.99 Å². The SMILES string of the molecule is COc1cccc2c1C(NC1=Nc3ccc(NC(=O)C4CC4)cc3CO1)CCC2. The summed E-state index contributed by atoms with van der Waals surface area (Å²) in [7, 11) is 1.71. The highest BCUT2D eigenvalue weighted by Gasteiger charge is 2.30. The molecule has 1 atom stereocenters. The van der Waals surface area contributed by atoms with E-state index in [1.54, 1.807) is 7.11 Å². The van der Waals surface area contributed by atoms with Gasteiger partial charge in [-0.15, -0.1) is 0 Å². The summed E-state index contributed by atoms with van der Waals surface area (Å²) in [6, 6.07) is 12.7. The van der Waals surface area contributed by atoms with E-state index in [9.17, 15) is 4.79 Å². The average molecular weight is 391 g/mol. The molecule has 0 aromatic heterocycles. The van der Waals surface area contributed by atoms with Crippen LogP contribution in [0.2, 0.25) is 0 Å². The third-order valence-corrected chi connectivity index (χ3v) is 5.84.